The van der Waals surface area contributed by atoms with E-state index in [1.165, 1.54) is 21.4 Å². The molecule has 1 fully saturated rings. The number of rotatable bonds is 8. The number of hydrogen-bond donors (Lipinski definition) is 0. The van der Waals surface area contributed by atoms with Gasteiger partial charge >= 0.3 is 6.09 Å². The number of aromatic nitrogens is 2. The highest BCUT2D eigenvalue weighted by Gasteiger charge is 2.36. The molecule has 0 N–H and O–H groups in total. The number of fused-ring (bicyclic) bond motifs is 1. The van der Waals surface area contributed by atoms with E-state index in [1.807, 2.05) is 57.2 Å². The lowest BCUT2D eigenvalue weighted by Crippen LogP contribution is -2.34. The van der Waals surface area contributed by atoms with Crippen LogP contribution >= 0.6 is 22.6 Å². The zero-order chi connectivity index (χ0) is 31.8. The fourth-order valence-corrected chi connectivity index (χ4v) is 6.65. The minimum atomic E-state index is -0.544. The average Bonchev–Trinajstić information content (AvgIpc) is 3.28. The number of carbonyl (C=O) groups is 2. The van der Waals surface area contributed by atoms with Crippen molar-refractivity contribution in [1.29, 1.82) is 0 Å². The van der Waals surface area contributed by atoms with Crippen molar-refractivity contribution >= 4 is 34.5 Å². The van der Waals surface area contributed by atoms with Gasteiger partial charge in [-0.3, -0.25) is 4.79 Å². The Morgan fingerprint density at radius 1 is 0.864 bits per heavy atom. The van der Waals surface area contributed by atoms with E-state index in [-0.39, 0.29) is 10.8 Å². The Kier molecular flexibility index (Phi) is 11.8. The van der Waals surface area contributed by atoms with Gasteiger partial charge in [0, 0.05) is 18.4 Å². The first-order valence-electron chi connectivity index (χ1n) is 15.6. The first kappa shape index (κ1) is 34.3. The number of carbonyl (C=O) groups excluding carboxylic acids is 2. The molecule has 0 radical (unpaired) electrons. The summed E-state index contributed by atoms with van der Waals surface area (Å²) in [5.41, 5.74) is 3.99. The molecule has 3 aromatic rings. The van der Waals surface area contributed by atoms with Crippen molar-refractivity contribution in [3.05, 3.63) is 86.7 Å². The third-order valence-corrected chi connectivity index (χ3v) is 9.03. The molecule has 1 aromatic heterocycles. The van der Waals surface area contributed by atoms with Crippen molar-refractivity contribution in [2.24, 2.45) is 10.8 Å². The standard InChI is InChI=1S/C21H27IN2O3.C15H20O2/c1-20(2,3)27-19(25)24-17-12-21(4,11-10-16(17)18(22)23-24)14-26-13-15-8-6-5-7-9-15;1-15(9-5-8-14(16)10-15)12-17-11-13-6-3-2-4-7-13/h5-9H,10-14H2,1-4H3;2-4,6-7H,5,8-12H2,1H3. The van der Waals surface area contributed by atoms with Crippen LogP contribution in [0.1, 0.15) is 89.1 Å². The zero-order valence-electron chi connectivity index (χ0n) is 26.9. The molecule has 8 heteroatoms. The molecule has 5 rings (SSSR count). The molecule has 238 valence electrons. The van der Waals surface area contributed by atoms with Crippen molar-refractivity contribution < 1.29 is 23.8 Å². The van der Waals surface area contributed by atoms with Crippen LogP contribution < -0.4 is 0 Å². The number of ether oxygens (including phenoxy) is 3. The van der Waals surface area contributed by atoms with Crippen molar-refractivity contribution in [3.63, 3.8) is 0 Å². The summed E-state index contributed by atoms with van der Waals surface area (Å²) < 4.78 is 19.7. The van der Waals surface area contributed by atoms with Crippen LogP contribution in [0.3, 0.4) is 0 Å². The SMILES string of the molecule is CC1(COCc2ccccc2)CCCC(=O)C1.CC1(COCc2ccccc2)CCc2c(I)nn(C(=O)OC(C)(C)C)c2C1. The second kappa shape index (κ2) is 15.1. The van der Waals surface area contributed by atoms with Crippen molar-refractivity contribution in [2.75, 3.05) is 13.2 Å². The summed E-state index contributed by atoms with van der Waals surface area (Å²) in [6.07, 6.45) is 5.84. The molecule has 2 aromatic carbocycles. The van der Waals surface area contributed by atoms with Crippen molar-refractivity contribution in [1.82, 2.24) is 9.78 Å². The van der Waals surface area contributed by atoms with Crippen LogP contribution in [-0.4, -0.2) is 40.5 Å². The topological polar surface area (TPSA) is 79.7 Å². The van der Waals surface area contributed by atoms with Gasteiger partial charge in [0.2, 0.25) is 0 Å². The summed E-state index contributed by atoms with van der Waals surface area (Å²) in [5.74, 6) is 0.391. The Morgan fingerprint density at radius 2 is 1.41 bits per heavy atom. The average molecular weight is 715 g/mol. The number of ketones is 1. The summed E-state index contributed by atoms with van der Waals surface area (Å²) >= 11 is 2.21. The summed E-state index contributed by atoms with van der Waals surface area (Å²) in [5, 5.41) is 4.46. The monoisotopic (exact) mass is 714 g/mol. The van der Waals surface area contributed by atoms with Crippen LogP contribution in [0.2, 0.25) is 0 Å². The fourth-order valence-electron chi connectivity index (χ4n) is 5.85. The number of nitrogens with zero attached hydrogens (tertiary/aromatic N) is 2. The lowest BCUT2D eigenvalue weighted by Gasteiger charge is -2.33. The van der Waals surface area contributed by atoms with E-state index in [9.17, 15) is 9.59 Å². The Morgan fingerprint density at radius 3 is 1.93 bits per heavy atom. The van der Waals surface area contributed by atoms with Crippen LogP contribution in [-0.2, 0) is 45.1 Å². The summed E-state index contributed by atoms with van der Waals surface area (Å²) in [6, 6.07) is 20.4. The molecule has 7 nitrogen and oxygen atoms in total. The van der Waals surface area contributed by atoms with Crippen LogP contribution in [0.4, 0.5) is 4.79 Å². The molecule has 0 amide bonds. The highest BCUT2D eigenvalue weighted by Crippen LogP contribution is 2.38. The van der Waals surface area contributed by atoms with E-state index in [0.717, 1.165) is 47.9 Å². The van der Waals surface area contributed by atoms with Gasteiger partial charge in [-0.05, 0) is 97.4 Å². The molecular weight excluding hydrogens is 667 g/mol. The molecule has 1 saturated carbocycles. The third-order valence-electron chi connectivity index (χ3n) is 8.16. The van der Waals surface area contributed by atoms with Gasteiger partial charge in [0.1, 0.15) is 15.1 Å². The highest BCUT2D eigenvalue weighted by atomic mass is 127. The van der Waals surface area contributed by atoms with E-state index in [2.05, 4.69) is 65.8 Å². The molecule has 2 unspecified atom stereocenters. The van der Waals surface area contributed by atoms with Gasteiger partial charge < -0.3 is 14.2 Å². The normalized spacial score (nSPS) is 21.6. The Hall–Kier alpha value is -2.56. The smallest absolute Gasteiger partial charge is 0.435 e. The lowest BCUT2D eigenvalue weighted by atomic mass is 9.76. The molecule has 2 atom stereocenters. The number of Topliss-reactive ketones (excluding diaryl/α,β-unsaturated/α-hetero) is 1. The van der Waals surface area contributed by atoms with Crippen LogP contribution in [0.25, 0.3) is 0 Å². The maximum Gasteiger partial charge on any atom is 0.435 e. The maximum atomic E-state index is 12.6. The maximum absolute atomic E-state index is 12.6. The number of benzene rings is 2. The molecule has 44 heavy (non-hydrogen) atoms. The van der Waals surface area contributed by atoms with Gasteiger partial charge in [-0.25, -0.2) is 4.79 Å². The largest absolute Gasteiger partial charge is 0.442 e. The Bertz CT molecular complexity index is 1380. The Labute approximate surface area is 276 Å². The fraction of sp³-hybridized carbons (Fsp3) is 0.528. The Balaban J connectivity index is 0.000000223. The van der Waals surface area contributed by atoms with Gasteiger partial charge in [-0.2, -0.15) is 9.78 Å². The van der Waals surface area contributed by atoms with Gasteiger partial charge in [0.05, 0.1) is 32.1 Å². The molecule has 0 bridgehead atoms. The van der Waals surface area contributed by atoms with Crippen LogP contribution in [0, 0.1) is 14.5 Å². The predicted octanol–water partition coefficient (Wildman–Crippen LogP) is 8.34. The van der Waals surface area contributed by atoms with Crippen LogP contribution in [0.5, 0.6) is 0 Å². The van der Waals surface area contributed by atoms with Gasteiger partial charge in [-0.1, -0.05) is 74.5 Å². The van der Waals surface area contributed by atoms with E-state index >= 15 is 0 Å². The van der Waals surface area contributed by atoms with Gasteiger partial charge in [-0.15, -0.1) is 0 Å². The lowest BCUT2D eigenvalue weighted by molar-refractivity contribution is -0.125. The first-order valence-corrected chi connectivity index (χ1v) is 16.7. The number of halogens is 1. The van der Waals surface area contributed by atoms with E-state index in [1.54, 1.807) is 0 Å². The summed E-state index contributed by atoms with van der Waals surface area (Å²) in [4.78, 5) is 24.1. The minimum Gasteiger partial charge on any atom is -0.442 e. The highest BCUT2D eigenvalue weighted by molar-refractivity contribution is 14.1. The quantitative estimate of drug-likeness (QED) is 0.219. The van der Waals surface area contributed by atoms with E-state index in [4.69, 9.17) is 14.2 Å². The molecule has 0 aliphatic heterocycles. The zero-order valence-corrected chi connectivity index (χ0v) is 29.0. The second-order valence-electron chi connectivity index (χ2n) is 13.9. The third kappa shape index (κ3) is 10.2. The van der Waals surface area contributed by atoms with E-state index < -0.39 is 11.7 Å². The molecule has 0 saturated heterocycles. The van der Waals surface area contributed by atoms with Gasteiger partial charge in [0.25, 0.3) is 0 Å². The molecule has 2 aliphatic rings. The van der Waals surface area contributed by atoms with Crippen molar-refractivity contribution in [2.45, 2.75) is 98.4 Å². The first-order chi connectivity index (χ1) is 20.8. The molecule has 1 heterocycles. The molecular formula is C36H47IN2O5. The number of hydrogen-bond acceptors (Lipinski definition) is 6. The second-order valence-corrected chi connectivity index (χ2v) is 15.0. The molecule has 0 spiro atoms. The van der Waals surface area contributed by atoms with Crippen LogP contribution in [0.15, 0.2) is 60.7 Å². The van der Waals surface area contributed by atoms with Crippen molar-refractivity contribution in [3.8, 4) is 0 Å². The predicted molar refractivity (Wildman–Crippen MR) is 180 cm³/mol. The summed E-state index contributed by atoms with van der Waals surface area (Å²) in [6.45, 7) is 12.6. The summed E-state index contributed by atoms with van der Waals surface area (Å²) in [7, 11) is 0. The molecule has 2 aliphatic carbocycles. The van der Waals surface area contributed by atoms with E-state index in [0.29, 0.717) is 38.6 Å². The minimum absolute atomic E-state index is 0.0232. The van der Waals surface area contributed by atoms with Gasteiger partial charge in [0.15, 0.2) is 0 Å².